The van der Waals surface area contributed by atoms with E-state index in [1.165, 1.54) is 4.31 Å². The first kappa shape index (κ1) is 13.4. The second kappa shape index (κ2) is 4.89. The Kier molecular flexibility index (Phi) is 2.98. The van der Waals surface area contributed by atoms with Crippen molar-refractivity contribution in [2.45, 2.75) is 18.8 Å². The van der Waals surface area contributed by atoms with E-state index in [0.717, 1.165) is 16.6 Å². The first-order valence-corrected chi connectivity index (χ1v) is 8.48. The van der Waals surface area contributed by atoms with Gasteiger partial charge in [0.05, 0.1) is 12.2 Å². The van der Waals surface area contributed by atoms with E-state index in [1.54, 1.807) is 12.3 Å². The van der Waals surface area contributed by atoms with E-state index in [1.807, 2.05) is 30.3 Å². The van der Waals surface area contributed by atoms with Crippen molar-refractivity contribution in [2.75, 3.05) is 0 Å². The molecular weight excluding hydrogens is 302 g/mol. The van der Waals surface area contributed by atoms with E-state index >= 15 is 0 Å². The Morgan fingerprint density at radius 2 is 2.00 bits per heavy atom. The Hall–Kier alpha value is -2.25. The van der Waals surface area contributed by atoms with E-state index in [9.17, 15) is 8.42 Å². The molecule has 0 N–H and O–H groups in total. The van der Waals surface area contributed by atoms with Crippen LogP contribution in [-0.4, -0.2) is 22.9 Å². The topological polar surface area (TPSA) is 76.3 Å². The van der Waals surface area contributed by atoms with Crippen molar-refractivity contribution < 1.29 is 12.9 Å². The Balaban J connectivity index is 1.63. The quantitative estimate of drug-likeness (QED) is 0.739. The minimum atomic E-state index is -3.47. The van der Waals surface area contributed by atoms with E-state index in [4.69, 9.17) is 4.52 Å². The summed E-state index contributed by atoms with van der Waals surface area (Å²) in [5.74, 6) is -0.169. The smallest absolute Gasteiger partial charge is 0.220 e. The van der Waals surface area contributed by atoms with Crippen LogP contribution in [0.25, 0.3) is 11.0 Å². The van der Waals surface area contributed by atoms with Crippen LogP contribution in [0.4, 0.5) is 0 Å². The number of pyridine rings is 1. The van der Waals surface area contributed by atoms with Crippen molar-refractivity contribution in [3.05, 3.63) is 59.5 Å². The first-order chi connectivity index (χ1) is 10.6. The van der Waals surface area contributed by atoms with Gasteiger partial charge in [-0.2, -0.15) is 4.31 Å². The molecule has 3 heterocycles. The monoisotopic (exact) mass is 315 g/mol. The number of rotatable bonds is 3. The van der Waals surface area contributed by atoms with E-state index in [-0.39, 0.29) is 5.75 Å². The van der Waals surface area contributed by atoms with Crippen molar-refractivity contribution in [1.29, 1.82) is 0 Å². The second-order valence-electron chi connectivity index (χ2n) is 5.26. The first-order valence-electron chi connectivity index (χ1n) is 6.87. The summed E-state index contributed by atoms with van der Waals surface area (Å²) in [6, 6.07) is 11.0. The van der Waals surface area contributed by atoms with E-state index in [2.05, 4.69) is 10.1 Å². The van der Waals surface area contributed by atoms with Crippen LogP contribution in [0.2, 0.25) is 0 Å². The molecule has 0 unspecified atom stereocenters. The van der Waals surface area contributed by atoms with Gasteiger partial charge in [0.2, 0.25) is 10.0 Å². The molecule has 7 heteroatoms. The standard InChI is InChI=1S/C15H13N3O3S/c19-22(20,18-8-11-4-3-7-16-13(11)9-18)10-14-12-5-1-2-6-15(12)21-17-14/h1-7H,8-10H2. The van der Waals surface area contributed by atoms with Gasteiger partial charge in [-0.15, -0.1) is 0 Å². The maximum Gasteiger partial charge on any atom is 0.220 e. The van der Waals surface area contributed by atoms with Gasteiger partial charge in [0.1, 0.15) is 11.4 Å². The van der Waals surface area contributed by atoms with Crippen LogP contribution in [0.1, 0.15) is 17.0 Å². The van der Waals surface area contributed by atoms with Crippen molar-refractivity contribution in [3.63, 3.8) is 0 Å². The van der Waals surface area contributed by atoms with Crippen LogP contribution in [0.5, 0.6) is 0 Å². The fourth-order valence-corrected chi connectivity index (χ4v) is 4.06. The zero-order valence-electron chi connectivity index (χ0n) is 11.6. The fraction of sp³-hybridized carbons (Fsp3) is 0.200. The van der Waals surface area contributed by atoms with E-state index in [0.29, 0.717) is 24.4 Å². The molecule has 0 spiro atoms. The lowest BCUT2D eigenvalue weighted by atomic mass is 10.2. The molecule has 0 radical (unpaired) electrons. The molecule has 22 heavy (non-hydrogen) atoms. The number of nitrogens with zero attached hydrogens (tertiary/aromatic N) is 3. The Morgan fingerprint density at radius 1 is 1.14 bits per heavy atom. The van der Waals surface area contributed by atoms with Crippen molar-refractivity contribution in [2.24, 2.45) is 0 Å². The minimum absolute atomic E-state index is 0.169. The second-order valence-corrected chi connectivity index (χ2v) is 7.23. The lowest BCUT2D eigenvalue weighted by molar-refractivity contribution is 0.423. The van der Waals surface area contributed by atoms with Gasteiger partial charge in [-0.1, -0.05) is 23.4 Å². The molecule has 6 nitrogen and oxygen atoms in total. The predicted molar refractivity (Wildman–Crippen MR) is 80.1 cm³/mol. The number of aromatic nitrogens is 2. The van der Waals surface area contributed by atoms with Gasteiger partial charge in [-0.05, 0) is 23.8 Å². The van der Waals surface area contributed by atoms with Gasteiger partial charge in [0.25, 0.3) is 0 Å². The molecular formula is C15H13N3O3S. The number of hydrogen-bond acceptors (Lipinski definition) is 5. The van der Waals surface area contributed by atoms with Crippen LogP contribution in [0.3, 0.4) is 0 Å². The van der Waals surface area contributed by atoms with E-state index < -0.39 is 10.0 Å². The number of para-hydroxylation sites is 1. The summed E-state index contributed by atoms with van der Waals surface area (Å²) in [6.07, 6.45) is 1.68. The molecule has 0 fully saturated rings. The molecule has 0 saturated carbocycles. The molecule has 0 atom stereocenters. The van der Waals surface area contributed by atoms with Crippen LogP contribution in [-0.2, 0) is 28.9 Å². The maximum absolute atomic E-state index is 12.6. The third kappa shape index (κ3) is 2.18. The van der Waals surface area contributed by atoms with Crippen LogP contribution < -0.4 is 0 Å². The molecule has 1 aliphatic rings. The SMILES string of the molecule is O=S(=O)(Cc1noc2ccccc12)N1Cc2cccnc2C1. The average Bonchev–Trinajstić information content (AvgIpc) is 3.12. The zero-order chi connectivity index (χ0) is 15.2. The van der Waals surface area contributed by atoms with Gasteiger partial charge in [-0.3, -0.25) is 4.98 Å². The maximum atomic E-state index is 12.6. The van der Waals surface area contributed by atoms with Gasteiger partial charge in [-0.25, -0.2) is 8.42 Å². The molecule has 1 aliphatic heterocycles. The number of sulfonamides is 1. The number of fused-ring (bicyclic) bond motifs is 2. The molecule has 0 aliphatic carbocycles. The Morgan fingerprint density at radius 3 is 2.86 bits per heavy atom. The predicted octanol–water partition coefficient (Wildman–Crippen LogP) is 2.07. The molecule has 3 aromatic rings. The lowest BCUT2D eigenvalue weighted by Crippen LogP contribution is -2.27. The molecule has 112 valence electrons. The van der Waals surface area contributed by atoms with Crippen molar-refractivity contribution >= 4 is 21.0 Å². The van der Waals surface area contributed by atoms with Crippen LogP contribution in [0.15, 0.2) is 47.1 Å². The lowest BCUT2D eigenvalue weighted by Gasteiger charge is -2.14. The van der Waals surface area contributed by atoms with Gasteiger partial charge < -0.3 is 4.52 Å². The summed E-state index contributed by atoms with van der Waals surface area (Å²) in [4.78, 5) is 4.23. The molecule has 1 aromatic carbocycles. The normalized spacial score (nSPS) is 15.3. The summed E-state index contributed by atoms with van der Waals surface area (Å²) >= 11 is 0. The van der Waals surface area contributed by atoms with Gasteiger partial charge in [0.15, 0.2) is 5.58 Å². The Bertz CT molecular complexity index is 924. The largest absolute Gasteiger partial charge is 0.356 e. The molecule has 4 rings (SSSR count). The third-order valence-corrected chi connectivity index (χ3v) is 5.51. The highest BCUT2D eigenvalue weighted by atomic mass is 32.2. The van der Waals surface area contributed by atoms with Crippen LogP contribution >= 0.6 is 0 Å². The molecule has 0 saturated heterocycles. The fourth-order valence-electron chi connectivity index (χ4n) is 2.67. The summed E-state index contributed by atoms with van der Waals surface area (Å²) in [5, 5.41) is 4.64. The van der Waals surface area contributed by atoms with Crippen molar-refractivity contribution in [1.82, 2.24) is 14.4 Å². The average molecular weight is 315 g/mol. The summed E-state index contributed by atoms with van der Waals surface area (Å²) in [6.45, 7) is 0.676. The highest BCUT2D eigenvalue weighted by Gasteiger charge is 2.31. The van der Waals surface area contributed by atoms with Crippen LogP contribution in [0, 0.1) is 0 Å². The summed E-state index contributed by atoms with van der Waals surface area (Å²) in [5.41, 5.74) is 2.81. The molecule has 0 bridgehead atoms. The molecule has 2 aromatic heterocycles. The zero-order valence-corrected chi connectivity index (χ0v) is 12.5. The summed E-state index contributed by atoms with van der Waals surface area (Å²) < 4.78 is 31.9. The summed E-state index contributed by atoms with van der Waals surface area (Å²) in [7, 11) is -3.47. The minimum Gasteiger partial charge on any atom is -0.356 e. The molecule has 0 amide bonds. The van der Waals surface area contributed by atoms with Gasteiger partial charge in [0, 0.05) is 18.1 Å². The third-order valence-electron chi connectivity index (χ3n) is 3.82. The van der Waals surface area contributed by atoms with Crippen molar-refractivity contribution in [3.8, 4) is 0 Å². The highest BCUT2D eigenvalue weighted by Crippen LogP contribution is 2.26. The number of hydrogen-bond donors (Lipinski definition) is 0. The number of benzene rings is 1. The highest BCUT2D eigenvalue weighted by molar-refractivity contribution is 7.88. The Labute approximate surface area is 127 Å². The van der Waals surface area contributed by atoms with Gasteiger partial charge >= 0.3 is 0 Å².